The minimum absolute atomic E-state index is 0.326. The van der Waals surface area contributed by atoms with Gasteiger partial charge in [0.1, 0.15) is 0 Å². The molecular formula is C12H23NO. The molecule has 0 aromatic heterocycles. The highest BCUT2D eigenvalue weighted by Gasteiger charge is 2.46. The summed E-state index contributed by atoms with van der Waals surface area (Å²) >= 11 is 0. The van der Waals surface area contributed by atoms with E-state index in [1.54, 1.807) is 0 Å². The molecule has 14 heavy (non-hydrogen) atoms. The molecule has 2 saturated carbocycles. The predicted octanol–water partition coefficient (Wildman–Crippen LogP) is 2.07. The van der Waals surface area contributed by atoms with Crippen LogP contribution in [0.15, 0.2) is 0 Å². The monoisotopic (exact) mass is 197 g/mol. The second-order valence-corrected chi connectivity index (χ2v) is 5.05. The summed E-state index contributed by atoms with van der Waals surface area (Å²) in [7, 11) is 0. The fourth-order valence-corrected chi connectivity index (χ4v) is 3.23. The van der Waals surface area contributed by atoms with E-state index in [-0.39, 0.29) is 0 Å². The fourth-order valence-electron chi connectivity index (χ4n) is 3.23. The summed E-state index contributed by atoms with van der Waals surface area (Å²) in [5.41, 5.74) is 0.674. The molecule has 2 heteroatoms. The molecule has 2 aliphatic rings. The predicted molar refractivity (Wildman–Crippen MR) is 58.2 cm³/mol. The number of hydrogen-bond acceptors (Lipinski definition) is 2. The molecule has 0 aromatic rings. The highest BCUT2D eigenvalue weighted by Crippen LogP contribution is 2.51. The zero-order valence-corrected chi connectivity index (χ0v) is 9.10. The van der Waals surface area contributed by atoms with E-state index >= 15 is 0 Å². The van der Waals surface area contributed by atoms with Crippen LogP contribution in [0, 0.1) is 5.41 Å². The van der Waals surface area contributed by atoms with Crippen molar-refractivity contribution in [3.05, 3.63) is 0 Å². The van der Waals surface area contributed by atoms with Gasteiger partial charge in [-0.1, -0.05) is 19.3 Å². The van der Waals surface area contributed by atoms with Gasteiger partial charge in [-0.3, -0.25) is 0 Å². The van der Waals surface area contributed by atoms with E-state index in [9.17, 15) is 0 Å². The molecule has 0 radical (unpaired) electrons. The van der Waals surface area contributed by atoms with Crippen molar-refractivity contribution in [3.8, 4) is 0 Å². The van der Waals surface area contributed by atoms with Gasteiger partial charge in [0, 0.05) is 12.6 Å². The summed E-state index contributed by atoms with van der Waals surface area (Å²) in [6, 6.07) is 0.773. The lowest BCUT2D eigenvalue weighted by Gasteiger charge is -2.52. The summed E-state index contributed by atoms with van der Waals surface area (Å²) in [6.45, 7) is 1.33. The zero-order valence-electron chi connectivity index (χ0n) is 9.10. The zero-order chi connectivity index (χ0) is 9.86. The van der Waals surface area contributed by atoms with Crippen LogP contribution in [0.5, 0.6) is 0 Å². The quantitative estimate of drug-likeness (QED) is 0.676. The largest absolute Gasteiger partial charge is 0.396 e. The fraction of sp³-hybridized carbons (Fsp3) is 1.00. The Morgan fingerprint density at radius 2 is 1.93 bits per heavy atom. The topological polar surface area (TPSA) is 32.3 Å². The molecule has 2 N–H and O–H groups in total. The minimum Gasteiger partial charge on any atom is -0.396 e. The van der Waals surface area contributed by atoms with Crippen LogP contribution in [-0.2, 0) is 0 Å². The van der Waals surface area contributed by atoms with Crippen molar-refractivity contribution in [2.45, 2.75) is 57.4 Å². The van der Waals surface area contributed by atoms with Crippen molar-refractivity contribution in [2.24, 2.45) is 5.41 Å². The lowest BCUT2D eigenvalue weighted by Crippen LogP contribution is -2.54. The molecule has 2 fully saturated rings. The van der Waals surface area contributed by atoms with E-state index < -0.39 is 0 Å². The summed E-state index contributed by atoms with van der Waals surface area (Å²) in [4.78, 5) is 0. The van der Waals surface area contributed by atoms with Gasteiger partial charge in [-0.05, 0) is 44.1 Å². The Morgan fingerprint density at radius 3 is 2.50 bits per heavy atom. The van der Waals surface area contributed by atoms with E-state index in [1.807, 2.05) is 0 Å². The van der Waals surface area contributed by atoms with Gasteiger partial charge in [0.2, 0.25) is 0 Å². The molecule has 1 atom stereocenters. The first-order chi connectivity index (χ1) is 6.87. The standard InChI is InChI=1S/C12H23NO/c14-10-4-9-13-11-5-8-12(11)6-2-1-3-7-12/h11,13-14H,1-10H2. The van der Waals surface area contributed by atoms with Gasteiger partial charge < -0.3 is 10.4 Å². The Kier molecular flexibility index (Phi) is 3.45. The molecule has 0 aromatic carbocycles. The molecule has 2 rings (SSSR count). The maximum Gasteiger partial charge on any atom is 0.0443 e. The molecule has 0 amide bonds. The average Bonchev–Trinajstić information content (AvgIpc) is 2.24. The average molecular weight is 197 g/mol. The van der Waals surface area contributed by atoms with E-state index in [0.717, 1.165) is 19.0 Å². The first kappa shape index (κ1) is 10.4. The third-order valence-electron chi connectivity index (χ3n) is 4.25. The summed E-state index contributed by atoms with van der Waals surface area (Å²) < 4.78 is 0. The van der Waals surface area contributed by atoms with Crippen LogP contribution in [0.3, 0.4) is 0 Å². The first-order valence-electron chi connectivity index (χ1n) is 6.22. The summed E-state index contributed by atoms with van der Waals surface area (Å²) in [5.74, 6) is 0. The summed E-state index contributed by atoms with van der Waals surface area (Å²) in [6.07, 6.45) is 11.0. The first-order valence-corrected chi connectivity index (χ1v) is 6.22. The maximum absolute atomic E-state index is 8.73. The maximum atomic E-state index is 8.73. The van der Waals surface area contributed by atoms with Crippen molar-refractivity contribution in [1.29, 1.82) is 0 Å². The van der Waals surface area contributed by atoms with Gasteiger partial charge in [-0.25, -0.2) is 0 Å². The summed E-state index contributed by atoms with van der Waals surface area (Å²) in [5, 5.41) is 12.4. The number of aliphatic hydroxyl groups is 1. The van der Waals surface area contributed by atoms with Crippen molar-refractivity contribution in [2.75, 3.05) is 13.2 Å². The molecule has 1 spiro atoms. The third kappa shape index (κ3) is 1.96. The molecule has 2 nitrogen and oxygen atoms in total. The molecular weight excluding hydrogens is 174 g/mol. The van der Waals surface area contributed by atoms with Crippen molar-refractivity contribution in [3.63, 3.8) is 0 Å². The van der Waals surface area contributed by atoms with E-state index in [4.69, 9.17) is 5.11 Å². The number of nitrogens with one attached hydrogen (secondary N) is 1. The van der Waals surface area contributed by atoms with Crippen LogP contribution in [0.2, 0.25) is 0 Å². The van der Waals surface area contributed by atoms with Crippen molar-refractivity contribution in [1.82, 2.24) is 5.32 Å². The Hall–Kier alpha value is -0.0800. The lowest BCUT2D eigenvalue weighted by molar-refractivity contribution is 0.0226. The second kappa shape index (κ2) is 4.63. The van der Waals surface area contributed by atoms with Gasteiger partial charge in [-0.15, -0.1) is 0 Å². The second-order valence-electron chi connectivity index (χ2n) is 5.05. The molecule has 0 saturated heterocycles. The van der Waals surface area contributed by atoms with Crippen LogP contribution in [-0.4, -0.2) is 24.3 Å². The van der Waals surface area contributed by atoms with E-state index in [0.29, 0.717) is 12.0 Å². The van der Waals surface area contributed by atoms with E-state index in [1.165, 1.54) is 44.9 Å². The van der Waals surface area contributed by atoms with E-state index in [2.05, 4.69) is 5.32 Å². The smallest absolute Gasteiger partial charge is 0.0443 e. The lowest BCUT2D eigenvalue weighted by atomic mass is 9.57. The number of hydrogen-bond donors (Lipinski definition) is 2. The molecule has 82 valence electrons. The van der Waals surface area contributed by atoms with Gasteiger partial charge >= 0.3 is 0 Å². The van der Waals surface area contributed by atoms with Crippen LogP contribution < -0.4 is 5.32 Å². The van der Waals surface area contributed by atoms with Gasteiger partial charge in [-0.2, -0.15) is 0 Å². The van der Waals surface area contributed by atoms with Crippen LogP contribution in [0.1, 0.15) is 51.4 Å². The number of rotatable bonds is 4. The highest BCUT2D eigenvalue weighted by atomic mass is 16.3. The molecule has 0 aliphatic heterocycles. The van der Waals surface area contributed by atoms with Crippen molar-refractivity contribution < 1.29 is 5.11 Å². The van der Waals surface area contributed by atoms with Gasteiger partial charge in [0.05, 0.1) is 0 Å². The Labute approximate surface area is 87.1 Å². The molecule has 0 bridgehead atoms. The minimum atomic E-state index is 0.326. The van der Waals surface area contributed by atoms with Crippen LogP contribution in [0.4, 0.5) is 0 Å². The third-order valence-corrected chi connectivity index (χ3v) is 4.25. The normalized spacial score (nSPS) is 30.2. The Balaban J connectivity index is 1.76. The van der Waals surface area contributed by atoms with Crippen molar-refractivity contribution >= 4 is 0 Å². The molecule has 2 aliphatic carbocycles. The van der Waals surface area contributed by atoms with Crippen LogP contribution in [0.25, 0.3) is 0 Å². The molecule has 1 unspecified atom stereocenters. The van der Waals surface area contributed by atoms with Gasteiger partial charge in [0.15, 0.2) is 0 Å². The number of aliphatic hydroxyl groups excluding tert-OH is 1. The Morgan fingerprint density at radius 1 is 1.14 bits per heavy atom. The highest BCUT2D eigenvalue weighted by molar-refractivity contribution is 5.01. The van der Waals surface area contributed by atoms with Crippen LogP contribution >= 0.6 is 0 Å². The molecule has 0 heterocycles. The van der Waals surface area contributed by atoms with Gasteiger partial charge in [0.25, 0.3) is 0 Å². The Bertz CT molecular complexity index is 175. The SMILES string of the molecule is OCCCNC1CCC12CCCCC2.